The van der Waals surface area contributed by atoms with E-state index in [4.69, 9.17) is 27.9 Å². The molecule has 0 saturated heterocycles. The molecule has 0 bridgehead atoms. The summed E-state index contributed by atoms with van der Waals surface area (Å²) in [6.45, 7) is 5.46. The molecule has 0 radical (unpaired) electrons. The fourth-order valence-corrected chi connectivity index (χ4v) is 3.57. The van der Waals surface area contributed by atoms with Crippen molar-refractivity contribution in [2.24, 2.45) is 0 Å². The first-order valence-corrected chi connectivity index (χ1v) is 10.4. The maximum atomic E-state index is 12.5. The standard InChI is InChI=1S/C21H25Cl2N3O4/c1-4-6-15-19(13(3)27)12(2)24-20(15)21(29)26-25-18(28)7-5-10-30-17-9-8-14(22)11-16(17)23/h8-9,11,24H,4-7,10H2,1-3H3,(H,25,28)(H,26,29). The molecule has 30 heavy (non-hydrogen) atoms. The van der Waals surface area contributed by atoms with Crippen molar-refractivity contribution in [2.45, 2.75) is 46.5 Å². The fourth-order valence-electron chi connectivity index (χ4n) is 3.11. The summed E-state index contributed by atoms with van der Waals surface area (Å²) in [5.74, 6) is -0.467. The van der Waals surface area contributed by atoms with Crippen LogP contribution in [-0.4, -0.2) is 29.2 Å². The number of H-pyrrole nitrogens is 1. The number of hydrogen-bond donors (Lipinski definition) is 3. The van der Waals surface area contributed by atoms with Crippen LogP contribution in [0.25, 0.3) is 0 Å². The van der Waals surface area contributed by atoms with E-state index >= 15 is 0 Å². The smallest absolute Gasteiger partial charge is 0.286 e. The van der Waals surface area contributed by atoms with Crippen LogP contribution in [0.5, 0.6) is 5.75 Å². The van der Waals surface area contributed by atoms with Gasteiger partial charge in [-0.3, -0.25) is 25.2 Å². The molecule has 162 valence electrons. The van der Waals surface area contributed by atoms with Crippen LogP contribution in [0.4, 0.5) is 0 Å². The number of Topliss-reactive ketones (excluding diaryl/α,β-unsaturated/α-hetero) is 1. The maximum Gasteiger partial charge on any atom is 0.286 e. The van der Waals surface area contributed by atoms with Gasteiger partial charge in [-0.2, -0.15) is 0 Å². The second kappa shape index (κ2) is 11.0. The highest BCUT2D eigenvalue weighted by atomic mass is 35.5. The number of carbonyl (C=O) groups excluding carboxylic acids is 3. The summed E-state index contributed by atoms with van der Waals surface area (Å²) in [7, 11) is 0. The van der Waals surface area contributed by atoms with Crippen LogP contribution < -0.4 is 15.6 Å². The highest BCUT2D eigenvalue weighted by Gasteiger charge is 2.22. The first kappa shape index (κ1) is 23.8. The molecule has 0 aliphatic carbocycles. The zero-order chi connectivity index (χ0) is 22.3. The third-order valence-electron chi connectivity index (χ3n) is 4.39. The van der Waals surface area contributed by atoms with Crippen molar-refractivity contribution in [3.63, 3.8) is 0 Å². The molecule has 0 spiro atoms. The van der Waals surface area contributed by atoms with Crippen LogP contribution in [0.1, 0.15) is 65.2 Å². The third kappa shape index (κ3) is 6.24. The van der Waals surface area contributed by atoms with Gasteiger partial charge in [-0.1, -0.05) is 36.5 Å². The first-order valence-electron chi connectivity index (χ1n) is 9.64. The highest BCUT2D eigenvalue weighted by molar-refractivity contribution is 6.35. The van der Waals surface area contributed by atoms with Crippen LogP contribution >= 0.6 is 23.2 Å². The van der Waals surface area contributed by atoms with Crippen molar-refractivity contribution in [1.29, 1.82) is 0 Å². The molecule has 0 aliphatic heterocycles. The molecular weight excluding hydrogens is 429 g/mol. The number of hydrogen-bond acceptors (Lipinski definition) is 4. The van der Waals surface area contributed by atoms with Gasteiger partial charge in [0, 0.05) is 22.7 Å². The number of amides is 2. The van der Waals surface area contributed by atoms with Gasteiger partial charge in [-0.25, -0.2) is 0 Å². The molecule has 1 heterocycles. The Morgan fingerprint density at radius 3 is 2.53 bits per heavy atom. The Morgan fingerprint density at radius 2 is 1.90 bits per heavy atom. The molecule has 2 amide bonds. The van der Waals surface area contributed by atoms with E-state index in [1.807, 2.05) is 6.92 Å². The minimum Gasteiger partial charge on any atom is -0.492 e. The van der Waals surface area contributed by atoms with Gasteiger partial charge in [0.05, 0.1) is 11.6 Å². The lowest BCUT2D eigenvalue weighted by Gasteiger charge is -2.10. The van der Waals surface area contributed by atoms with Gasteiger partial charge in [0.1, 0.15) is 11.4 Å². The van der Waals surface area contributed by atoms with Crippen LogP contribution in [0.2, 0.25) is 10.0 Å². The van der Waals surface area contributed by atoms with Crippen LogP contribution in [0.3, 0.4) is 0 Å². The van der Waals surface area contributed by atoms with E-state index in [1.54, 1.807) is 25.1 Å². The average Bonchev–Trinajstić information content (AvgIpc) is 3.01. The number of halogens is 2. The van der Waals surface area contributed by atoms with Gasteiger partial charge in [0.15, 0.2) is 5.78 Å². The molecule has 3 N–H and O–H groups in total. The number of benzene rings is 1. The summed E-state index contributed by atoms with van der Waals surface area (Å²) < 4.78 is 5.52. The third-order valence-corrected chi connectivity index (χ3v) is 4.92. The summed E-state index contributed by atoms with van der Waals surface area (Å²) in [6.07, 6.45) is 1.94. The number of aromatic nitrogens is 1. The van der Waals surface area contributed by atoms with Gasteiger partial charge in [0.2, 0.25) is 5.91 Å². The summed E-state index contributed by atoms with van der Waals surface area (Å²) in [5.41, 5.74) is 6.91. The number of aryl methyl sites for hydroxylation is 1. The molecule has 2 aromatic rings. The Labute approximate surface area is 185 Å². The van der Waals surface area contributed by atoms with E-state index in [9.17, 15) is 14.4 Å². The summed E-state index contributed by atoms with van der Waals surface area (Å²) >= 11 is 11.9. The minimum absolute atomic E-state index is 0.101. The van der Waals surface area contributed by atoms with Crippen molar-refractivity contribution >= 4 is 40.8 Å². The quantitative estimate of drug-likeness (QED) is 0.297. The second-order valence-electron chi connectivity index (χ2n) is 6.81. The van der Waals surface area contributed by atoms with E-state index in [-0.39, 0.29) is 24.7 Å². The predicted octanol–water partition coefficient (Wildman–Crippen LogP) is 4.41. The van der Waals surface area contributed by atoms with E-state index in [0.717, 1.165) is 6.42 Å². The largest absolute Gasteiger partial charge is 0.492 e. The highest BCUT2D eigenvalue weighted by Crippen LogP contribution is 2.27. The van der Waals surface area contributed by atoms with Crippen LogP contribution in [0, 0.1) is 6.92 Å². The van der Waals surface area contributed by atoms with Crippen molar-refractivity contribution in [1.82, 2.24) is 15.8 Å². The molecule has 9 heteroatoms. The summed E-state index contributed by atoms with van der Waals surface area (Å²) in [4.78, 5) is 39.4. The molecule has 7 nitrogen and oxygen atoms in total. The average molecular weight is 454 g/mol. The second-order valence-corrected chi connectivity index (χ2v) is 7.66. The minimum atomic E-state index is -0.494. The number of carbonyl (C=O) groups is 3. The SMILES string of the molecule is CCCc1c(C(=O)NNC(=O)CCCOc2ccc(Cl)cc2Cl)[nH]c(C)c1C(C)=O. The number of rotatable bonds is 9. The fraction of sp³-hybridized carbons (Fsp3) is 0.381. The number of ketones is 1. The number of ether oxygens (including phenoxy) is 1. The summed E-state index contributed by atoms with van der Waals surface area (Å²) in [6, 6.07) is 4.90. The molecule has 0 fully saturated rings. The normalized spacial score (nSPS) is 10.6. The zero-order valence-corrected chi connectivity index (χ0v) is 18.7. The molecule has 0 saturated carbocycles. The van der Waals surface area contributed by atoms with Crippen LogP contribution in [-0.2, 0) is 11.2 Å². The maximum absolute atomic E-state index is 12.5. The number of hydrazine groups is 1. The lowest BCUT2D eigenvalue weighted by Crippen LogP contribution is -2.42. The molecule has 0 atom stereocenters. The number of nitrogens with one attached hydrogen (secondary N) is 3. The van der Waals surface area contributed by atoms with E-state index in [0.29, 0.717) is 51.2 Å². The van der Waals surface area contributed by atoms with E-state index < -0.39 is 5.91 Å². The monoisotopic (exact) mass is 453 g/mol. The summed E-state index contributed by atoms with van der Waals surface area (Å²) in [5, 5.41) is 0.908. The van der Waals surface area contributed by atoms with Gasteiger partial charge in [-0.15, -0.1) is 0 Å². The van der Waals surface area contributed by atoms with Crippen molar-refractivity contribution < 1.29 is 19.1 Å². The van der Waals surface area contributed by atoms with Crippen molar-refractivity contribution in [2.75, 3.05) is 6.61 Å². The molecular formula is C21H25Cl2N3O4. The Morgan fingerprint density at radius 1 is 1.17 bits per heavy atom. The van der Waals surface area contributed by atoms with E-state index in [2.05, 4.69) is 15.8 Å². The molecule has 2 rings (SSSR count). The lowest BCUT2D eigenvalue weighted by atomic mass is 10.0. The Hall–Kier alpha value is -2.51. The van der Waals surface area contributed by atoms with Gasteiger partial charge >= 0.3 is 0 Å². The molecule has 1 aromatic heterocycles. The topological polar surface area (TPSA) is 100 Å². The Bertz CT molecular complexity index is 941. The Balaban J connectivity index is 1.84. The molecule has 0 aliphatic rings. The molecule has 0 unspecified atom stereocenters. The first-order chi connectivity index (χ1) is 14.2. The molecule has 1 aromatic carbocycles. The lowest BCUT2D eigenvalue weighted by molar-refractivity contribution is -0.122. The van der Waals surface area contributed by atoms with Crippen molar-refractivity contribution in [3.8, 4) is 5.75 Å². The number of aromatic amines is 1. The zero-order valence-electron chi connectivity index (χ0n) is 17.2. The Kier molecular flexibility index (Phi) is 8.74. The van der Waals surface area contributed by atoms with E-state index in [1.165, 1.54) is 6.92 Å². The van der Waals surface area contributed by atoms with Crippen molar-refractivity contribution in [3.05, 3.63) is 50.8 Å². The van der Waals surface area contributed by atoms with Crippen LogP contribution in [0.15, 0.2) is 18.2 Å². The predicted molar refractivity (Wildman–Crippen MR) is 116 cm³/mol. The van der Waals surface area contributed by atoms with Gasteiger partial charge in [0.25, 0.3) is 5.91 Å². The van der Waals surface area contributed by atoms with Gasteiger partial charge < -0.3 is 9.72 Å². The van der Waals surface area contributed by atoms with Gasteiger partial charge in [-0.05, 0) is 50.5 Å².